The molecule has 100 valence electrons. The van der Waals surface area contributed by atoms with Gasteiger partial charge in [-0.2, -0.15) is 0 Å². The Morgan fingerprint density at radius 1 is 1.11 bits per heavy atom. The average molecular weight is 259 g/mol. The van der Waals surface area contributed by atoms with Crippen LogP contribution in [0.2, 0.25) is 0 Å². The highest BCUT2D eigenvalue weighted by Crippen LogP contribution is 2.32. The average Bonchev–Trinajstić information content (AvgIpc) is 2.39. The molecule has 0 amide bonds. The third kappa shape index (κ3) is 2.93. The summed E-state index contributed by atoms with van der Waals surface area (Å²) in [5, 5.41) is 3.01. The summed E-state index contributed by atoms with van der Waals surface area (Å²) in [5.41, 5.74) is 3.36. The van der Waals surface area contributed by atoms with Gasteiger partial charge in [-0.3, -0.25) is 0 Å². The first-order chi connectivity index (χ1) is 9.15. The maximum absolute atomic E-state index is 14.2. The number of methoxy groups -OCH3 is 1. The molecule has 0 radical (unpaired) electrons. The Kier molecular flexibility index (Phi) is 4.17. The summed E-state index contributed by atoms with van der Waals surface area (Å²) in [7, 11) is 3.44. The zero-order valence-electron chi connectivity index (χ0n) is 11.5. The van der Waals surface area contributed by atoms with E-state index in [1.807, 2.05) is 38.2 Å². The molecule has 0 saturated carbocycles. The highest BCUT2D eigenvalue weighted by atomic mass is 19.1. The minimum absolute atomic E-state index is 0.225. The van der Waals surface area contributed by atoms with E-state index >= 15 is 0 Å². The monoisotopic (exact) mass is 259 g/mol. The van der Waals surface area contributed by atoms with Crippen LogP contribution in [-0.4, -0.2) is 14.2 Å². The van der Waals surface area contributed by atoms with Gasteiger partial charge >= 0.3 is 0 Å². The van der Waals surface area contributed by atoms with E-state index in [1.165, 1.54) is 0 Å². The topological polar surface area (TPSA) is 21.3 Å². The third-order valence-electron chi connectivity index (χ3n) is 3.06. The molecular formula is C16H18FNO. The number of hydrogen-bond acceptors (Lipinski definition) is 2. The van der Waals surface area contributed by atoms with Crippen molar-refractivity contribution in [2.75, 3.05) is 14.2 Å². The Hall–Kier alpha value is -1.87. The Morgan fingerprint density at radius 3 is 2.53 bits per heavy atom. The second-order valence-corrected chi connectivity index (χ2v) is 4.55. The van der Waals surface area contributed by atoms with E-state index in [4.69, 9.17) is 4.74 Å². The summed E-state index contributed by atoms with van der Waals surface area (Å²) in [6, 6.07) is 11.1. The predicted molar refractivity (Wildman–Crippen MR) is 75.9 cm³/mol. The van der Waals surface area contributed by atoms with Crippen LogP contribution in [-0.2, 0) is 6.54 Å². The number of aryl methyl sites for hydroxylation is 1. The van der Waals surface area contributed by atoms with Gasteiger partial charge in [0, 0.05) is 17.7 Å². The van der Waals surface area contributed by atoms with Crippen molar-refractivity contribution in [1.29, 1.82) is 0 Å². The second kappa shape index (κ2) is 5.85. The Balaban J connectivity index is 2.49. The fourth-order valence-electron chi connectivity index (χ4n) is 2.12. The molecule has 3 heteroatoms. The van der Waals surface area contributed by atoms with Crippen LogP contribution in [0.25, 0.3) is 11.1 Å². The maximum Gasteiger partial charge on any atom is 0.131 e. The molecule has 0 unspecified atom stereocenters. The zero-order valence-corrected chi connectivity index (χ0v) is 11.5. The molecular weight excluding hydrogens is 241 g/mol. The molecule has 0 fully saturated rings. The van der Waals surface area contributed by atoms with Crippen molar-refractivity contribution >= 4 is 0 Å². The summed E-state index contributed by atoms with van der Waals surface area (Å²) in [6.07, 6.45) is 0. The lowest BCUT2D eigenvalue weighted by Crippen LogP contribution is -2.05. The molecule has 0 aromatic heterocycles. The number of halogens is 1. The fourth-order valence-corrected chi connectivity index (χ4v) is 2.12. The van der Waals surface area contributed by atoms with Crippen LogP contribution >= 0.6 is 0 Å². The summed E-state index contributed by atoms with van der Waals surface area (Å²) in [5.74, 6) is 0.461. The van der Waals surface area contributed by atoms with E-state index in [0.717, 1.165) is 16.7 Å². The summed E-state index contributed by atoms with van der Waals surface area (Å²) in [4.78, 5) is 0. The SMILES string of the molecule is CNCc1ccc(-c2cc(C)ccc2OC)c(F)c1. The van der Waals surface area contributed by atoms with Gasteiger partial charge in [-0.1, -0.05) is 23.8 Å². The predicted octanol–water partition coefficient (Wildman–Crippen LogP) is 3.53. The first-order valence-electron chi connectivity index (χ1n) is 6.23. The van der Waals surface area contributed by atoms with Crippen LogP contribution in [0.3, 0.4) is 0 Å². The first kappa shape index (κ1) is 13.6. The van der Waals surface area contributed by atoms with Crippen molar-refractivity contribution in [3.05, 3.63) is 53.3 Å². The number of ether oxygens (including phenoxy) is 1. The lowest BCUT2D eigenvalue weighted by atomic mass is 10.0. The molecule has 1 N–H and O–H groups in total. The van der Waals surface area contributed by atoms with Gasteiger partial charge in [-0.05, 0) is 37.7 Å². The van der Waals surface area contributed by atoms with Crippen molar-refractivity contribution in [2.45, 2.75) is 13.5 Å². The molecule has 2 rings (SSSR count). The van der Waals surface area contributed by atoms with Crippen LogP contribution in [0.15, 0.2) is 36.4 Å². The van der Waals surface area contributed by atoms with E-state index in [9.17, 15) is 4.39 Å². The summed E-state index contributed by atoms with van der Waals surface area (Å²) >= 11 is 0. The van der Waals surface area contributed by atoms with Crippen molar-refractivity contribution in [3.8, 4) is 16.9 Å². The lowest BCUT2D eigenvalue weighted by Gasteiger charge is -2.11. The van der Waals surface area contributed by atoms with Crippen molar-refractivity contribution in [3.63, 3.8) is 0 Å². The van der Waals surface area contributed by atoms with E-state index in [0.29, 0.717) is 17.9 Å². The van der Waals surface area contributed by atoms with Crippen molar-refractivity contribution in [2.24, 2.45) is 0 Å². The second-order valence-electron chi connectivity index (χ2n) is 4.55. The third-order valence-corrected chi connectivity index (χ3v) is 3.06. The Morgan fingerprint density at radius 2 is 1.89 bits per heavy atom. The van der Waals surface area contributed by atoms with Crippen molar-refractivity contribution in [1.82, 2.24) is 5.32 Å². The standard InChI is InChI=1S/C16H18FNO/c1-11-4-7-16(19-3)14(8-11)13-6-5-12(10-18-2)9-15(13)17/h4-9,18H,10H2,1-3H3. The van der Waals surface area contributed by atoms with Gasteiger partial charge in [0.1, 0.15) is 11.6 Å². The minimum atomic E-state index is -0.225. The molecule has 19 heavy (non-hydrogen) atoms. The van der Waals surface area contributed by atoms with Gasteiger partial charge in [0.15, 0.2) is 0 Å². The van der Waals surface area contributed by atoms with Crippen LogP contribution in [0, 0.1) is 12.7 Å². The fraction of sp³-hybridized carbons (Fsp3) is 0.250. The van der Waals surface area contributed by atoms with Gasteiger partial charge in [0.05, 0.1) is 7.11 Å². The van der Waals surface area contributed by atoms with Gasteiger partial charge in [-0.25, -0.2) is 4.39 Å². The molecule has 0 saturated heterocycles. The summed E-state index contributed by atoms with van der Waals surface area (Å²) < 4.78 is 19.5. The highest BCUT2D eigenvalue weighted by Gasteiger charge is 2.11. The van der Waals surface area contributed by atoms with Crippen LogP contribution in [0.4, 0.5) is 4.39 Å². The highest BCUT2D eigenvalue weighted by molar-refractivity contribution is 5.72. The molecule has 0 bridgehead atoms. The minimum Gasteiger partial charge on any atom is -0.496 e. The van der Waals surface area contributed by atoms with Crippen LogP contribution in [0.5, 0.6) is 5.75 Å². The maximum atomic E-state index is 14.2. The lowest BCUT2D eigenvalue weighted by molar-refractivity contribution is 0.416. The van der Waals surface area contributed by atoms with Gasteiger partial charge in [-0.15, -0.1) is 0 Å². The van der Waals surface area contributed by atoms with E-state index in [1.54, 1.807) is 19.2 Å². The van der Waals surface area contributed by atoms with E-state index in [2.05, 4.69) is 5.32 Å². The van der Waals surface area contributed by atoms with Crippen LogP contribution in [0.1, 0.15) is 11.1 Å². The van der Waals surface area contributed by atoms with E-state index in [-0.39, 0.29) is 5.82 Å². The van der Waals surface area contributed by atoms with Gasteiger partial charge in [0.25, 0.3) is 0 Å². The van der Waals surface area contributed by atoms with E-state index < -0.39 is 0 Å². The Labute approximate surface area is 113 Å². The molecule has 0 atom stereocenters. The van der Waals surface area contributed by atoms with Gasteiger partial charge in [0.2, 0.25) is 0 Å². The first-order valence-corrected chi connectivity index (χ1v) is 6.23. The zero-order chi connectivity index (χ0) is 13.8. The number of benzene rings is 2. The number of rotatable bonds is 4. The molecule has 2 aromatic rings. The number of nitrogens with one attached hydrogen (secondary N) is 1. The van der Waals surface area contributed by atoms with Crippen molar-refractivity contribution < 1.29 is 9.13 Å². The normalized spacial score (nSPS) is 10.5. The molecule has 2 nitrogen and oxygen atoms in total. The summed E-state index contributed by atoms with van der Waals surface area (Å²) in [6.45, 7) is 2.64. The molecule has 0 heterocycles. The molecule has 2 aromatic carbocycles. The quantitative estimate of drug-likeness (QED) is 0.907. The van der Waals surface area contributed by atoms with Crippen LogP contribution < -0.4 is 10.1 Å². The molecule has 0 spiro atoms. The Bertz CT molecular complexity index is 581. The smallest absolute Gasteiger partial charge is 0.131 e. The number of hydrogen-bond donors (Lipinski definition) is 1. The molecule has 0 aliphatic rings. The van der Waals surface area contributed by atoms with Gasteiger partial charge < -0.3 is 10.1 Å². The largest absolute Gasteiger partial charge is 0.496 e. The molecule has 0 aliphatic heterocycles. The molecule has 0 aliphatic carbocycles.